The van der Waals surface area contributed by atoms with Gasteiger partial charge in [-0.15, -0.1) is 0 Å². The number of amides is 2. The Morgan fingerprint density at radius 1 is 1.25 bits per heavy atom. The minimum absolute atomic E-state index is 0.284. The van der Waals surface area contributed by atoms with Crippen molar-refractivity contribution in [3.8, 4) is 0 Å². The minimum Gasteiger partial charge on any atom is -0.467 e. The maximum Gasteiger partial charge on any atom is 0.315 e. The van der Waals surface area contributed by atoms with Gasteiger partial charge in [0.15, 0.2) is 0 Å². The van der Waals surface area contributed by atoms with Crippen LogP contribution in [0, 0.1) is 5.82 Å². The Labute approximate surface area is 117 Å². The Hall–Kier alpha value is -2.30. The molecule has 0 unspecified atom stereocenters. The molecule has 0 atom stereocenters. The van der Waals surface area contributed by atoms with E-state index in [-0.39, 0.29) is 18.4 Å². The number of urea groups is 1. The standard InChI is InChI=1S/C15H17FN2O2/c1-15(2,12-7-3-4-8-13(12)16)18-14(19)17-10-11-6-5-9-20-11/h3-9H,10H2,1-2H3,(H2,17,18,19). The smallest absolute Gasteiger partial charge is 0.315 e. The maximum atomic E-state index is 13.8. The fraction of sp³-hybridized carbons (Fsp3) is 0.267. The average molecular weight is 276 g/mol. The van der Waals surface area contributed by atoms with Gasteiger partial charge in [-0.05, 0) is 32.0 Å². The molecule has 0 aliphatic heterocycles. The van der Waals surface area contributed by atoms with Gasteiger partial charge in [0.25, 0.3) is 0 Å². The van der Waals surface area contributed by atoms with Crippen molar-refractivity contribution < 1.29 is 13.6 Å². The van der Waals surface area contributed by atoms with Crippen molar-refractivity contribution in [1.82, 2.24) is 10.6 Å². The van der Waals surface area contributed by atoms with Crippen LogP contribution in [-0.2, 0) is 12.1 Å². The number of carbonyl (C=O) groups is 1. The second-order valence-electron chi connectivity index (χ2n) is 4.99. The molecule has 0 fully saturated rings. The third kappa shape index (κ3) is 3.38. The summed E-state index contributed by atoms with van der Waals surface area (Å²) in [4.78, 5) is 11.9. The van der Waals surface area contributed by atoms with E-state index in [0.717, 1.165) is 0 Å². The highest BCUT2D eigenvalue weighted by Crippen LogP contribution is 2.22. The molecule has 1 heterocycles. The van der Waals surface area contributed by atoms with Gasteiger partial charge in [-0.2, -0.15) is 0 Å². The number of hydrogen-bond donors (Lipinski definition) is 2. The summed E-state index contributed by atoms with van der Waals surface area (Å²) in [6.45, 7) is 3.78. The van der Waals surface area contributed by atoms with E-state index in [0.29, 0.717) is 11.3 Å². The lowest BCUT2D eigenvalue weighted by Crippen LogP contribution is -2.46. The number of rotatable bonds is 4. The van der Waals surface area contributed by atoms with Crippen LogP contribution in [0.3, 0.4) is 0 Å². The number of carbonyl (C=O) groups excluding carboxylic acids is 1. The lowest BCUT2D eigenvalue weighted by Gasteiger charge is -2.27. The fourth-order valence-electron chi connectivity index (χ4n) is 1.94. The fourth-order valence-corrected chi connectivity index (χ4v) is 1.94. The maximum absolute atomic E-state index is 13.8. The SMILES string of the molecule is CC(C)(NC(=O)NCc1ccco1)c1ccccc1F. The van der Waals surface area contributed by atoms with Crippen LogP contribution in [0.5, 0.6) is 0 Å². The van der Waals surface area contributed by atoms with Crippen molar-refractivity contribution in [3.63, 3.8) is 0 Å². The quantitative estimate of drug-likeness (QED) is 0.901. The first-order valence-corrected chi connectivity index (χ1v) is 6.32. The molecule has 2 rings (SSSR count). The van der Waals surface area contributed by atoms with E-state index in [1.54, 1.807) is 44.2 Å². The van der Waals surface area contributed by atoms with Gasteiger partial charge in [-0.1, -0.05) is 18.2 Å². The van der Waals surface area contributed by atoms with Gasteiger partial charge >= 0.3 is 6.03 Å². The molecule has 0 bridgehead atoms. The summed E-state index contributed by atoms with van der Waals surface area (Å²) in [6, 6.07) is 9.52. The Kier molecular flexibility index (Phi) is 4.08. The van der Waals surface area contributed by atoms with E-state index in [1.165, 1.54) is 12.3 Å². The van der Waals surface area contributed by atoms with Gasteiger partial charge in [0.05, 0.1) is 18.3 Å². The van der Waals surface area contributed by atoms with E-state index in [1.807, 2.05) is 0 Å². The van der Waals surface area contributed by atoms with Crippen molar-refractivity contribution >= 4 is 6.03 Å². The Bertz CT molecular complexity index is 579. The molecule has 0 aliphatic carbocycles. The molecule has 20 heavy (non-hydrogen) atoms. The molecule has 0 spiro atoms. The Morgan fingerprint density at radius 2 is 2.00 bits per heavy atom. The third-order valence-corrected chi connectivity index (χ3v) is 2.98. The number of halogens is 1. The van der Waals surface area contributed by atoms with Crippen molar-refractivity contribution in [2.45, 2.75) is 25.9 Å². The molecule has 0 radical (unpaired) electrons. The van der Waals surface area contributed by atoms with Crippen molar-refractivity contribution in [2.24, 2.45) is 0 Å². The molecule has 4 nitrogen and oxygen atoms in total. The molecule has 0 aliphatic rings. The highest BCUT2D eigenvalue weighted by Gasteiger charge is 2.25. The van der Waals surface area contributed by atoms with Gasteiger partial charge in [0.1, 0.15) is 11.6 Å². The first-order chi connectivity index (χ1) is 9.49. The second kappa shape index (κ2) is 5.77. The molecule has 1 aromatic heterocycles. The van der Waals surface area contributed by atoms with E-state index in [9.17, 15) is 9.18 Å². The van der Waals surface area contributed by atoms with Crippen LogP contribution >= 0.6 is 0 Å². The third-order valence-electron chi connectivity index (χ3n) is 2.98. The zero-order valence-electron chi connectivity index (χ0n) is 11.4. The van der Waals surface area contributed by atoms with E-state index < -0.39 is 5.54 Å². The average Bonchev–Trinajstić information content (AvgIpc) is 2.89. The molecular formula is C15H17FN2O2. The molecule has 2 N–H and O–H groups in total. The van der Waals surface area contributed by atoms with Crippen LogP contribution in [-0.4, -0.2) is 6.03 Å². The van der Waals surface area contributed by atoms with Crippen molar-refractivity contribution in [1.29, 1.82) is 0 Å². The van der Waals surface area contributed by atoms with Crippen molar-refractivity contribution in [3.05, 3.63) is 59.8 Å². The first-order valence-electron chi connectivity index (χ1n) is 6.32. The van der Waals surface area contributed by atoms with Crippen LogP contribution in [0.1, 0.15) is 25.2 Å². The molecule has 0 saturated carbocycles. The van der Waals surface area contributed by atoms with Gasteiger partial charge in [0, 0.05) is 5.56 Å². The highest BCUT2D eigenvalue weighted by atomic mass is 19.1. The van der Waals surface area contributed by atoms with Crippen molar-refractivity contribution in [2.75, 3.05) is 0 Å². The summed E-state index contributed by atoms with van der Waals surface area (Å²) in [5.41, 5.74) is -0.369. The highest BCUT2D eigenvalue weighted by molar-refractivity contribution is 5.74. The normalized spacial score (nSPS) is 11.2. The lowest BCUT2D eigenvalue weighted by atomic mass is 9.94. The predicted octanol–water partition coefficient (Wildman–Crippen LogP) is 3.15. The van der Waals surface area contributed by atoms with Gasteiger partial charge in [0.2, 0.25) is 0 Å². The Balaban J connectivity index is 1.97. The molecule has 2 aromatic rings. The largest absolute Gasteiger partial charge is 0.467 e. The zero-order chi connectivity index (χ0) is 14.6. The Morgan fingerprint density at radius 3 is 2.65 bits per heavy atom. The van der Waals surface area contributed by atoms with Crippen LogP contribution in [0.15, 0.2) is 47.1 Å². The summed E-state index contributed by atoms with van der Waals surface area (Å²) in [5, 5.41) is 5.41. The molecule has 1 aromatic carbocycles. The van der Waals surface area contributed by atoms with Crippen LogP contribution in [0.25, 0.3) is 0 Å². The van der Waals surface area contributed by atoms with Crippen LogP contribution < -0.4 is 10.6 Å². The molecule has 2 amide bonds. The summed E-state index contributed by atoms with van der Waals surface area (Å²) in [6.07, 6.45) is 1.54. The number of hydrogen-bond acceptors (Lipinski definition) is 2. The van der Waals surface area contributed by atoms with E-state index >= 15 is 0 Å². The van der Waals surface area contributed by atoms with E-state index in [2.05, 4.69) is 10.6 Å². The zero-order valence-corrected chi connectivity index (χ0v) is 11.4. The summed E-state index contributed by atoms with van der Waals surface area (Å²) >= 11 is 0. The second-order valence-corrected chi connectivity index (χ2v) is 4.99. The molecular weight excluding hydrogens is 259 g/mol. The molecule has 0 saturated heterocycles. The lowest BCUT2D eigenvalue weighted by molar-refractivity contribution is 0.228. The van der Waals surface area contributed by atoms with Gasteiger partial charge in [-0.25, -0.2) is 9.18 Å². The van der Waals surface area contributed by atoms with Gasteiger partial charge in [-0.3, -0.25) is 0 Å². The number of furan rings is 1. The summed E-state index contributed by atoms with van der Waals surface area (Å²) in [5.74, 6) is 0.313. The summed E-state index contributed by atoms with van der Waals surface area (Å²) < 4.78 is 18.9. The predicted molar refractivity (Wildman–Crippen MR) is 73.5 cm³/mol. The monoisotopic (exact) mass is 276 g/mol. The van der Waals surface area contributed by atoms with Crippen LogP contribution in [0.2, 0.25) is 0 Å². The number of nitrogens with one attached hydrogen (secondary N) is 2. The molecule has 5 heteroatoms. The molecule has 106 valence electrons. The summed E-state index contributed by atoms with van der Waals surface area (Å²) in [7, 11) is 0. The topological polar surface area (TPSA) is 54.3 Å². The number of benzene rings is 1. The van der Waals surface area contributed by atoms with Crippen LogP contribution in [0.4, 0.5) is 9.18 Å². The van der Waals surface area contributed by atoms with Gasteiger partial charge < -0.3 is 15.1 Å². The first kappa shape index (κ1) is 14.1. The van der Waals surface area contributed by atoms with E-state index in [4.69, 9.17) is 4.42 Å². The minimum atomic E-state index is -0.807.